The largest absolute Gasteiger partial charge is 0.488 e. The van der Waals surface area contributed by atoms with Gasteiger partial charge in [-0.25, -0.2) is 0 Å². The first-order valence-electron chi connectivity index (χ1n) is 18.1. The third kappa shape index (κ3) is 7.98. The highest BCUT2D eigenvalue weighted by Gasteiger charge is 2.14. The van der Waals surface area contributed by atoms with Gasteiger partial charge in [0.05, 0.1) is 22.1 Å². The van der Waals surface area contributed by atoms with E-state index >= 15 is 0 Å². The number of hydrogen-bond donors (Lipinski definition) is 2. The number of hydrogen-bond acceptors (Lipinski definition) is 2. The monoisotopic (exact) mass is 966 g/mol. The maximum absolute atomic E-state index is 8.65. The van der Waals surface area contributed by atoms with Gasteiger partial charge >= 0.3 is 7.12 Å². The number of benzene rings is 8. The molecule has 0 amide bonds. The molecular weight excluding hydrogens is 934 g/mol. The first-order valence-corrected chi connectivity index (χ1v) is 20.7. The fourth-order valence-corrected chi connectivity index (χ4v) is 8.11. The van der Waals surface area contributed by atoms with Crippen LogP contribution in [-0.2, 0) is 0 Å². The molecule has 4 nitrogen and oxygen atoms in total. The average molecular weight is 968 g/mol. The van der Waals surface area contributed by atoms with Gasteiger partial charge < -0.3 is 19.2 Å². The van der Waals surface area contributed by atoms with E-state index in [0.717, 1.165) is 8.95 Å². The third-order valence-electron chi connectivity index (χ3n) is 9.68. The maximum Gasteiger partial charge on any atom is 0.488 e. The predicted molar refractivity (Wildman–Crippen MR) is 251 cm³/mol. The van der Waals surface area contributed by atoms with Crippen LogP contribution < -0.4 is 5.46 Å². The van der Waals surface area contributed by atoms with Crippen LogP contribution in [0.15, 0.2) is 203 Å². The summed E-state index contributed by atoms with van der Waals surface area (Å²) in [6.07, 6.45) is 0. The zero-order valence-corrected chi connectivity index (χ0v) is 35.3. The third-order valence-corrected chi connectivity index (χ3v) is 11.4. The van der Waals surface area contributed by atoms with Crippen LogP contribution in [0.4, 0.5) is 0 Å². The van der Waals surface area contributed by atoms with Gasteiger partial charge in [0.2, 0.25) is 0 Å². The van der Waals surface area contributed by atoms with Gasteiger partial charge in [-0.1, -0.05) is 135 Å². The Morgan fingerprint density at radius 3 is 1.32 bits per heavy atom. The minimum atomic E-state index is -1.37. The van der Waals surface area contributed by atoms with Gasteiger partial charge in [0.15, 0.2) is 0 Å². The maximum atomic E-state index is 8.65. The van der Waals surface area contributed by atoms with Crippen molar-refractivity contribution in [3.63, 3.8) is 0 Å². The van der Waals surface area contributed by atoms with Gasteiger partial charge in [0.1, 0.15) is 0 Å². The van der Waals surface area contributed by atoms with E-state index in [-0.39, 0.29) is 0 Å². The Morgan fingerprint density at radius 2 is 0.804 bits per heavy atom. The van der Waals surface area contributed by atoms with Crippen LogP contribution in [0.1, 0.15) is 0 Å². The van der Waals surface area contributed by atoms with Gasteiger partial charge in [-0.2, -0.15) is 0 Å². The van der Waals surface area contributed by atoms with Crippen LogP contribution in [0.5, 0.6) is 0 Å². The number of para-hydroxylation sites is 4. The summed E-state index contributed by atoms with van der Waals surface area (Å²) < 4.78 is 7.97. The molecule has 0 fully saturated rings. The van der Waals surface area contributed by atoms with Crippen LogP contribution in [0.3, 0.4) is 0 Å². The van der Waals surface area contributed by atoms with Crippen molar-refractivity contribution in [2.75, 3.05) is 0 Å². The number of fused-ring (bicyclic) bond motifs is 6. The van der Waals surface area contributed by atoms with E-state index in [1.54, 1.807) is 24.3 Å². The fourth-order valence-electron chi connectivity index (χ4n) is 7.09. The smallest absolute Gasteiger partial charge is 0.423 e. The molecule has 56 heavy (non-hydrogen) atoms. The Morgan fingerprint density at radius 1 is 0.393 bits per heavy atom. The zero-order chi connectivity index (χ0) is 38.6. The second-order valence-corrected chi connectivity index (χ2v) is 16.3. The highest BCUT2D eigenvalue weighted by Crippen LogP contribution is 2.35. The van der Waals surface area contributed by atoms with E-state index in [0.29, 0.717) is 5.46 Å². The highest BCUT2D eigenvalue weighted by molar-refractivity contribution is 14.1. The molecule has 8 heteroatoms. The van der Waals surface area contributed by atoms with E-state index in [1.165, 1.54) is 69.7 Å². The van der Waals surface area contributed by atoms with Crippen LogP contribution in [-0.4, -0.2) is 26.3 Å². The second-order valence-electron chi connectivity index (χ2n) is 13.2. The molecule has 0 atom stereocenters. The van der Waals surface area contributed by atoms with E-state index in [2.05, 4.69) is 233 Å². The van der Waals surface area contributed by atoms with E-state index < -0.39 is 7.12 Å². The normalized spacial score (nSPS) is 10.9. The minimum Gasteiger partial charge on any atom is -0.423 e. The summed E-state index contributed by atoms with van der Waals surface area (Å²) in [5, 5.41) is 22.5. The lowest BCUT2D eigenvalue weighted by Gasteiger charge is -2.08. The first-order chi connectivity index (χ1) is 27.4. The predicted octanol–water partition coefficient (Wildman–Crippen LogP) is 12.7. The van der Waals surface area contributed by atoms with E-state index in [9.17, 15) is 0 Å². The van der Waals surface area contributed by atoms with Crippen molar-refractivity contribution < 1.29 is 10.0 Å². The van der Waals surface area contributed by atoms with Crippen LogP contribution in [0.2, 0.25) is 0 Å². The lowest BCUT2D eigenvalue weighted by Crippen LogP contribution is -2.29. The molecule has 0 unspecified atom stereocenters. The van der Waals surface area contributed by atoms with Gasteiger partial charge in [-0.3, -0.25) is 0 Å². The number of nitrogens with zero attached hydrogens (tertiary/aromatic N) is 2. The Labute approximate surface area is 356 Å². The van der Waals surface area contributed by atoms with E-state index in [1.807, 2.05) is 0 Å². The Balaban J connectivity index is 0.000000130. The Bertz CT molecular complexity index is 2910. The standard InChI is InChI=1S/C24H16BrN.C18H12IN.C6H6BBrO2/c25-19-13-10-17(11-14-19)18-12-15-24-22(16-18)21-8-4-5-9-23(21)26(24)20-6-2-1-3-7-20;19-13-10-11-18-16(12-13)15-8-4-5-9-17(15)20(18)14-6-2-1-3-7-14;8-6-3-1-5(2-4-6)7(9)10/h1-16H;1-12H;1-4,9-10H. The highest BCUT2D eigenvalue weighted by atomic mass is 127. The van der Waals surface area contributed by atoms with Crippen LogP contribution in [0, 0.1) is 3.57 Å². The first kappa shape index (κ1) is 37.9. The molecule has 8 aromatic carbocycles. The topological polar surface area (TPSA) is 50.3 Å². The number of aromatic nitrogens is 2. The zero-order valence-electron chi connectivity index (χ0n) is 30.0. The summed E-state index contributed by atoms with van der Waals surface area (Å²) >= 11 is 9.12. The summed E-state index contributed by atoms with van der Waals surface area (Å²) in [5.41, 5.74) is 10.4. The molecule has 0 saturated carbocycles. The molecule has 2 aromatic heterocycles. The Hall–Kier alpha value is -4.97. The van der Waals surface area contributed by atoms with Crippen LogP contribution in [0.25, 0.3) is 66.1 Å². The van der Waals surface area contributed by atoms with Gasteiger partial charge in [-0.15, -0.1) is 0 Å². The molecule has 10 aromatic rings. The molecule has 10 rings (SSSR count). The van der Waals surface area contributed by atoms with Crippen molar-refractivity contribution >= 4 is 111 Å². The van der Waals surface area contributed by atoms with Crippen molar-refractivity contribution in [1.29, 1.82) is 0 Å². The van der Waals surface area contributed by atoms with Gasteiger partial charge in [0, 0.05) is 45.4 Å². The summed E-state index contributed by atoms with van der Waals surface area (Å²) in [5.74, 6) is 0. The number of rotatable bonds is 4. The summed E-state index contributed by atoms with van der Waals surface area (Å²) in [6.45, 7) is 0. The lowest BCUT2D eigenvalue weighted by molar-refractivity contribution is 0.426. The molecule has 0 bridgehead atoms. The molecule has 2 heterocycles. The van der Waals surface area contributed by atoms with Gasteiger partial charge in [0.25, 0.3) is 0 Å². The average Bonchev–Trinajstić information content (AvgIpc) is 3.74. The molecule has 0 aliphatic heterocycles. The quantitative estimate of drug-likeness (QED) is 0.136. The van der Waals surface area contributed by atoms with Crippen molar-refractivity contribution in [1.82, 2.24) is 9.13 Å². The Kier molecular flexibility index (Phi) is 11.5. The summed E-state index contributed by atoms with van der Waals surface area (Å²) in [7, 11) is -1.37. The SMILES string of the molecule is Brc1ccc(-c2ccc3c(c2)c2ccccc2n3-c2ccccc2)cc1.Ic1ccc2c(c1)c1ccccc1n2-c1ccccc1.OB(O)c1ccc(Br)cc1. The molecule has 0 radical (unpaired) electrons. The molecule has 0 spiro atoms. The molecule has 0 aliphatic rings. The molecular formula is C48H34BBr2IN2O2. The van der Waals surface area contributed by atoms with Crippen molar-refractivity contribution in [2.45, 2.75) is 0 Å². The van der Waals surface area contributed by atoms with Gasteiger partial charge in [-0.05, 0) is 130 Å². The molecule has 0 aliphatic carbocycles. The molecule has 2 N–H and O–H groups in total. The second kappa shape index (κ2) is 17.0. The van der Waals surface area contributed by atoms with Crippen LogP contribution >= 0.6 is 54.5 Å². The van der Waals surface area contributed by atoms with Crippen molar-refractivity contribution in [3.05, 3.63) is 207 Å². The lowest BCUT2D eigenvalue weighted by atomic mass is 9.81. The van der Waals surface area contributed by atoms with Crippen molar-refractivity contribution in [2.24, 2.45) is 0 Å². The van der Waals surface area contributed by atoms with Crippen molar-refractivity contribution in [3.8, 4) is 22.5 Å². The minimum absolute atomic E-state index is 0.503. The summed E-state index contributed by atoms with van der Waals surface area (Å²) in [4.78, 5) is 0. The molecule has 272 valence electrons. The summed E-state index contributed by atoms with van der Waals surface area (Å²) in [6, 6.07) is 67.0. The molecule has 0 saturated heterocycles. The van der Waals surface area contributed by atoms with E-state index in [4.69, 9.17) is 10.0 Å². The fraction of sp³-hybridized carbons (Fsp3) is 0. The number of halogens is 3.